The Morgan fingerprint density at radius 3 is 2.67 bits per heavy atom. The molecular weight excluding hydrogens is 340 g/mol. The van der Waals surface area contributed by atoms with Gasteiger partial charge in [0.1, 0.15) is 11.5 Å². The van der Waals surface area contributed by atoms with Crippen molar-refractivity contribution in [3.05, 3.63) is 82.4 Å². The van der Waals surface area contributed by atoms with Gasteiger partial charge in [0.15, 0.2) is 0 Å². The Hall–Kier alpha value is -3.67. The molecule has 1 N–H and O–H groups in total. The first-order chi connectivity index (χ1) is 13.2. The average Bonchev–Trinajstić information content (AvgIpc) is 3.30. The van der Waals surface area contributed by atoms with Gasteiger partial charge >= 0.3 is 0 Å². The van der Waals surface area contributed by atoms with Crippen LogP contribution >= 0.6 is 0 Å². The lowest BCUT2D eigenvalue weighted by Gasteiger charge is -2.07. The molecule has 132 valence electrons. The molecule has 4 aromatic rings. The average molecular weight is 356 g/mol. The highest BCUT2D eigenvalue weighted by atomic mass is 16.6. The largest absolute Gasteiger partial charge is 0.369 e. The summed E-state index contributed by atoms with van der Waals surface area (Å²) in [5, 5.41) is 21.9. The maximum absolute atomic E-state index is 11.5. The number of anilines is 1. The molecule has 0 saturated carbocycles. The molecule has 2 heterocycles. The van der Waals surface area contributed by atoms with E-state index >= 15 is 0 Å². The summed E-state index contributed by atoms with van der Waals surface area (Å²) in [6, 6.07) is 21.1. The van der Waals surface area contributed by atoms with E-state index in [1.165, 1.54) is 6.07 Å². The number of nitrogens with zero attached hydrogens (tertiary/aromatic N) is 3. The molecule has 0 radical (unpaired) electrons. The third kappa shape index (κ3) is 2.38. The van der Waals surface area contributed by atoms with E-state index in [2.05, 4.69) is 29.6 Å². The normalized spacial score (nSPS) is 12.7. The Balaban J connectivity index is 1.78. The molecule has 0 amide bonds. The summed E-state index contributed by atoms with van der Waals surface area (Å²) in [6.45, 7) is 0.797. The predicted molar refractivity (Wildman–Crippen MR) is 105 cm³/mol. The second-order valence-electron chi connectivity index (χ2n) is 6.54. The van der Waals surface area contributed by atoms with Gasteiger partial charge in [0, 0.05) is 23.7 Å². The molecule has 27 heavy (non-hydrogen) atoms. The van der Waals surface area contributed by atoms with Gasteiger partial charge in [-0.3, -0.25) is 10.1 Å². The summed E-state index contributed by atoms with van der Waals surface area (Å²) in [5.74, 6) is 0.840. The van der Waals surface area contributed by atoms with Crippen molar-refractivity contribution in [3.63, 3.8) is 0 Å². The van der Waals surface area contributed by atoms with Gasteiger partial charge in [0.2, 0.25) is 0 Å². The number of aromatic nitrogens is 2. The van der Waals surface area contributed by atoms with Crippen molar-refractivity contribution in [3.8, 4) is 16.9 Å². The Kier molecular flexibility index (Phi) is 3.43. The second kappa shape index (κ2) is 5.95. The topological polar surface area (TPSA) is 73.0 Å². The van der Waals surface area contributed by atoms with Crippen LogP contribution in [0.4, 0.5) is 11.5 Å². The summed E-state index contributed by atoms with van der Waals surface area (Å²) in [5.41, 5.74) is 3.54. The van der Waals surface area contributed by atoms with Gasteiger partial charge in [-0.1, -0.05) is 54.6 Å². The third-order valence-corrected chi connectivity index (χ3v) is 5.00. The van der Waals surface area contributed by atoms with Gasteiger partial charge in [-0.05, 0) is 23.3 Å². The predicted octanol–water partition coefficient (Wildman–Crippen LogP) is 4.57. The van der Waals surface area contributed by atoms with Gasteiger partial charge in [0.05, 0.1) is 10.6 Å². The molecule has 0 spiro atoms. The van der Waals surface area contributed by atoms with Crippen LogP contribution in [0.5, 0.6) is 0 Å². The molecule has 1 aromatic heterocycles. The highest BCUT2D eigenvalue weighted by Crippen LogP contribution is 2.38. The summed E-state index contributed by atoms with van der Waals surface area (Å²) < 4.78 is 1.68. The van der Waals surface area contributed by atoms with Crippen molar-refractivity contribution < 1.29 is 4.92 Å². The second-order valence-corrected chi connectivity index (χ2v) is 6.54. The zero-order valence-corrected chi connectivity index (χ0v) is 14.4. The molecule has 0 fully saturated rings. The van der Waals surface area contributed by atoms with Crippen LogP contribution in [0, 0.1) is 10.1 Å². The molecule has 5 rings (SSSR count). The van der Waals surface area contributed by atoms with Gasteiger partial charge in [-0.2, -0.15) is 5.10 Å². The molecule has 1 aliphatic rings. The van der Waals surface area contributed by atoms with Crippen molar-refractivity contribution in [1.82, 2.24) is 9.78 Å². The van der Waals surface area contributed by atoms with E-state index in [-0.39, 0.29) is 10.6 Å². The Morgan fingerprint density at radius 2 is 1.78 bits per heavy atom. The molecule has 3 aromatic carbocycles. The third-order valence-electron chi connectivity index (χ3n) is 5.00. The fourth-order valence-corrected chi connectivity index (χ4v) is 3.79. The smallest absolute Gasteiger partial charge is 0.294 e. The highest BCUT2D eigenvalue weighted by molar-refractivity contribution is 5.97. The van der Waals surface area contributed by atoms with Gasteiger partial charge in [-0.25, -0.2) is 4.68 Å². The first-order valence-electron chi connectivity index (χ1n) is 8.82. The van der Waals surface area contributed by atoms with Crippen LogP contribution in [0.25, 0.3) is 27.7 Å². The van der Waals surface area contributed by atoms with E-state index in [1.807, 2.05) is 18.2 Å². The molecule has 0 saturated heterocycles. The van der Waals surface area contributed by atoms with Gasteiger partial charge < -0.3 is 5.32 Å². The summed E-state index contributed by atoms with van der Waals surface area (Å²) in [4.78, 5) is 11.1. The van der Waals surface area contributed by atoms with E-state index in [9.17, 15) is 10.1 Å². The molecule has 0 aliphatic carbocycles. The number of hydrogen-bond donors (Lipinski definition) is 1. The van der Waals surface area contributed by atoms with Gasteiger partial charge in [0.25, 0.3) is 5.69 Å². The van der Waals surface area contributed by atoms with E-state index < -0.39 is 0 Å². The number of hydrogen-bond acceptors (Lipinski definition) is 4. The molecule has 0 unspecified atom stereocenters. The fourth-order valence-electron chi connectivity index (χ4n) is 3.79. The quantitative estimate of drug-likeness (QED) is 0.431. The number of benzene rings is 3. The van der Waals surface area contributed by atoms with Crippen LogP contribution < -0.4 is 5.32 Å². The molecular formula is C21H16N4O2. The molecule has 0 atom stereocenters. The van der Waals surface area contributed by atoms with Crippen molar-refractivity contribution >= 4 is 22.3 Å². The fraction of sp³-hybridized carbons (Fsp3) is 0.0952. The lowest BCUT2D eigenvalue weighted by Crippen LogP contribution is -2.06. The van der Waals surface area contributed by atoms with Crippen molar-refractivity contribution in [2.45, 2.75) is 6.42 Å². The van der Waals surface area contributed by atoms with Crippen LogP contribution in [0.1, 0.15) is 5.56 Å². The zero-order chi connectivity index (χ0) is 18.4. The minimum absolute atomic E-state index is 0.0426. The van der Waals surface area contributed by atoms with Crippen LogP contribution in [-0.4, -0.2) is 21.2 Å². The maximum atomic E-state index is 11.5. The monoisotopic (exact) mass is 356 g/mol. The Bertz CT molecular complexity index is 1190. The molecule has 6 heteroatoms. The lowest BCUT2D eigenvalue weighted by molar-refractivity contribution is -0.384. The molecule has 1 aliphatic heterocycles. The standard InChI is InChI=1S/C21H16N4O2/c26-25(27)19-11-4-3-10-18(19)24-21-17(12-13-22-21)20(23-24)16-9-5-7-14-6-1-2-8-15(14)16/h1-11,22H,12-13H2. The number of nitro groups is 1. The first-order valence-corrected chi connectivity index (χ1v) is 8.82. The Morgan fingerprint density at radius 1 is 1.00 bits per heavy atom. The van der Waals surface area contributed by atoms with Gasteiger partial charge in [-0.15, -0.1) is 0 Å². The highest BCUT2D eigenvalue weighted by Gasteiger charge is 2.27. The number of fused-ring (bicyclic) bond motifs is 2. The minimum atomic E-state index is -0.365. The lowest BCUT2D eigenvalue weighted by atomic mass is 9.99. The molecule has 0 bridgehead atoms. The number of para-hydroxylation sites is 2. The summed E-state index contributed by atoms with van der Waals surface area (Å²) >= 11 is 0. The van der Waals surface area contributed by atoms with Crippen molar-refractivity contribution in [1.29, 1.82) is 0 Å². The van der Waals surface area contributed by atoms with Crippen LogP contribution in [0.15, 0.2) is 66.7 Å². The van der Waals surface area contributed by atoms with E-state index in [1.54, 1.807) is 22.9 Å². The van der Waals surface area contributed by atoms with Crippen LogP contribution in [0.2, 0.25) is 0 Å². The van der Waals surface area contributed by atoms with Crippen molar-refractivity contribution in [2.24, 2.45) is 0 Å². The number of nitro benzene ring substituents is 1. The van der Waals surface area contributed by atoms with E-state index in [4.69, 9.17) is 5.10 Å². The maximum Gasteiger partial charge on any atom is 0.294 e. The Labute approximate surface area is 155 Å². The van der Waals surface area contributed by atoms with Crippen LogP contribution in [-0.2, 0) is 6.42 Å². The summed E-state index contributed by atoms with van der Waals surface area (Å²) in [6.07, 6.45) is 0.842. The SMILES string of the molecule is O=[N+]([O-])c1ccccc1-n1nc(-c2cccc3ccccc23)c2c1NCC2. The molecule has 6 nitrogen and oxygen atoms in total. The van der Waals surface area contributed by atoms with Crippen molar-refractivity contribution in [2.75, 3.05) is 11.9 Å². The number of nitrogens with one attached hydrogen (secondary N) is 1. The summed E-state index contributed by atoms with van der Waals surface area (Å²) in [7, 11) is 0. The number of rotatable bonds is 3. The first kappa shape index (κ1) is 15.6. The minimum Gasteiger partial charge on any atom is -0.369 e. The zero-order valence-electron chi connectivity index (χ0n) is 14.4. The van der Waals surface area contributed by atoms with E-state index in [0.717, 1.165) is 46.4 Å². The van der Waals surface area contributed by atoms with Crippen LogP contribution in [0.3, 0.4) is 0 Å². The van der Waals surface area contributed by atoms with E-state index in [0.29, 0.717) is 5.69 Å².